The van der Waals surface area contributed by atoms with E-state index in [1.807, 2.05) is 0 Å². The third-order valence-electron chi connectivity index (χ3n) is 5.52. The molecule has 0 atom stereocenters. The number of hydrogen-bond acceptors (Lipinski definition) is 3. The number of hydrogen-bond donors (Lipinski definition) is 1. The molecule has 0 aromatic carbocycles. The number of carbonyl (C=O) groups is 1. The summed E-state index contributed by atoms with van der Waals surface area (Å²) in [5.41, 5.74) is 0. The molecule has 0 radical (unpaired) electrons. The molecule has 1 amide bonds. The average Bonchev–Trinajstić information content (AvgIpc) is 2.42. The Labute approximate surface area is 133 Å². The van der Waals surface area contributed by atoms with Crippen molar-refractivity contribution >= 4 is 34.9 Å². The van der Waals surface area contributed by atoms with Gasteiger partial charge in [0.1, 0.15) is 11.3 Å². The normalized spacial score (nSPS) is 36.8. The molecule has 4 aliphatic carbocycles. The summed E-state index contributed by atoms with van der Waals surface area (Å²) < 4.78 is 0. The highest BCUT2D eigenvalue weighted by molar-refractivity contribution is 6.42. The Bertz CT molecular complexity index is 564. The second-order valence-electron chi connectivity index (χ2n) is 6.77. The van der Waals surface area contributed by atoms with Crippen molar-refractivity contribution in [2.75, 3.05) is 5.32 Å². The van der Waals surface area contributed by atoms with Crippen LogP contribution >= 0.6 is 23.2 Å². The van der Waals surface area contributed by atoms with Crippen LogP contribution < -0.4 is 5.32 Å². The van der Waals surface area contributed by atoms with E-state index in [9.17, 15) is 4.79 Å². The fraction of sp³-hybridized carbons (Fsp3) is 0.667. The largest absolute Gasteiger partial charge is 0.309 e. The van der Waals surface area contributed by atoms with E-state index in [-0.39, 0.29) is 22.0 Å². The minimum absolute atomic E-state index is 0.0560. The molecule has 0 saturated heterocycles. The summed E-state index contributed by atoms with van der Waals surface area (Å²) in [5.74, 6) is 3.29. The van der Waals surface area contributed by atoms with Crippen molar-refractivity contribution < 1.29 is 4.79 Å². The molecule has 6 heteroatoms. The van der Waals surface area contributed by atoms with E-state index in [1.54, 1.807) is 0 Å². The lowest BCUT2D eigenvalue weighted by molar-refractivity contribution is -0.132. The molecule has 4 bridgehead atoms. The number of aromatic nitrogens is 2. The Kier molecular flexibility index (Phi) is 3.34. The van der Waals surface area contributed by atoms with Gasteiger partial charge in [0, 0.05) is 5.92 Å². The third kappa shape index (κ3) is 2.33. The molecule has 4 saturated carbocycles. The Morgan fingerprint density at radius 3 is 2.29 bits per heavy atom. The molecule has 4 nitrogen and oxygen atoms in total. The van der Waals surface area contributed by atoms with E-state index in [0.29, 0.717) is 17.7 Å². The van der Waals surface area contributed by atoms with Crippen molar-refractivity contribution in [2.24, 2.45) is 29.6 Å². The predicted molar refractivity (Wildman–Crippen MR) is 81.2 cm³/mol. The first-order valence-electron chi connectivity index (χ1n) is 7.58. The molecule has 5 rings (SSSR count). The van der Waals surface area contributed by atoms with Gasteiger partial charge >= 0.3 is 0 Å². The second-order valence-corrected chi connectivity index (χ2v) is 7.51. The van der Waals surface area contributed by atoms with Gasteiger partial charge in [0.25, 0.3) is 0 Å². The molecule has 1 aromatic heterocycles. The van der Waals surface area contributed by atoms with Crippen LogP contribution in [0.3, 0.4) is 0 Å². The van der Waals surface area contributed by atoms with E-state index < -0.39 is 0 Å². The minimum atomic E-state index is 0.0560. The molecule has 21 heavy (non-hydrogen) atoms. The second kappa shape index (κ2) is 5.10. The molecule has 0 unspecified atom stereocenters. The number of halogens is 2. The summed E-state index contributed by atoms with van der Waals surface area (Å²) in [5, 5.41) is 3.26. The Morgan fingerprint density at radius 2 is 1.67 bits per heavy atom. The molecule has 1 heterocycles. The highest BCUT2D eigenvalue weighted by Crippen LogP contribution is 2.56. The smallest absolute Gasteiger partial charge is 0.229 e. The number of nitrogens with zero attached hydrogens (tertiary/aromatic N) is 2. The molecule has 4 fully saturated rings. The standard InChI is InChI=1S/C15H17Cl2N3O/c16-12-13(17)18-6-19-14(12)20-15(21)11-9-2-7-1-8(4-9)5-10(11)3-7/h6-11H,1-5H2,(H,18,19,20,21). The highest BCUT2D eigenvalue weighted by Gasteiger charge is 2.50. The zero-order valence-electron chi connectivity index (χ0n) is 11.6. The van der Waals surface area contributed by atoms with Crippen LogP contribution in [0.25, 0.3) is 0 Å². The van der Waals surface area contributed by atoms with Crippen LogP contribution in [0.1, 0.15) is 32.1 Å². The quantitative estimate of drug-likeness (QED) is 0.841. The van der Waals surface area contributed by atoms with Crippen LogP contribution in [0.2, 0.25) is 10.2 Å². The molecule has 0 aliphatic heterocycles. The van der Waals surface area contributed by atoms with Crippen molar-refractivity contribution in [1.29, 1.82) is 0 Å². The molecule has 1 aromatic rings. The van der Waals surface area contributed by atoms with E-state index >= 15 is 0 Å². The lowest BCUT2D eigenvalue weighted by Crippen LogP contribution is -2.49. The van der Waals surface area contributed by atoms with E-state index in [4.69, 9.17) is 23.2 Å². The molecular formula is C15H17Cl2N3O. The lowest BCUT2D eigenvalue weighted by atomic mass is 9.51. The number of nitrogens with one attached hydrogen (secondary N) is 1. The number of amides is 1. The van der Waals surface area contributed by atoms with Crippen LogP contribution in [-0.2, 0) is 4.79 Å². The van der Waals surface area contributed by atoms with Crippen molar-refractivity contribution in [3.63, 3.8) is 0 Å². The first-order valence-corrected chi connectivity index (χ1v) is 8.34. The van der Waals surface area contributed by atoms with Crippen LogP contribution in [-0.4, -0.2) is 15.9 Å². The zero-order valence-corrected chi connectivity index (χ0v) is 13.1. The predicted octanol–water partition coefficient (Wildman–Crippen LogP) is 3.79. The maximum absolute atomic E-state index is 12.7. The number of anilines is 1. The summed E-state index contributed by atoms with van der Waals surface area (Å²) in [7, 11) is 0. The molecule has 4 aliphatic rings. The van der Waals surface area contributed by atoms with Gasteiger partial charge in [0.05, 0.1) is 0 Å². The average molecular weight is 326 g/mol. The van der Waals surface area contributed by atoms with Gasteiger partial charge in [-0.15, -0.1) is 0 Å². The Balaban J connectivity index is 1.54. The van der Waals surface area contributed by atoms with Crippen LogP contribution in [0.4, 0.5) is 5.82 Å². The van der Waals surface area contributed by atoms with Gasteiger partial charge in [-0.25, -0.2) is 9.97 Å². The lowest BCUT2D eigenvalue weighted by Gasteiger charge is -2.53. The van der Waals surface area contributed by atoms with Crippen LogP contribution in [0.15, 0.2) is 6.33 Å². The minimum Gasteiger partial charge on any atom is -0.309 e. The summed E-state index contributed by atoms with van der Waals surface area (Å²) >= 11 is 11.9. The first kappa shape index (κ1) is 13.8. The summed E-state index contributed by atoms with van der Waals surface area (Å²) in [6, 6.07) is 0. The molecular weight excluding hydrogens is 309 g/mol. The van der Waals surface area contributed by atoms with Gasteiger partial charge < -0.3 is 5.32 Å². The summed E-state index contributed by atoms with van der Waals surface area (Å²) in [4.78, 5) is 20.5. The van der Waals surface area contributed by atoms with Crippen LogP contribution in [0.5, 0.6) is 0 Å². The van der Waals surface area contributed by atoms with Crippen molar-refractivity contribution in [3.05, 3.63) is 16.5 Å². The fourth-order valence-corrected chi connectivity index (χ4v) is 5.27. The fourth-order valence-electron chi connectivity index (χ4n) is 4.99. The van der Waals surface area contributed by atoms with E-state index in [1.165, 1.54) is 38.4 Å². The van der Waals surface area contributed by atoms with Gasteiger partial charge in [-0.1, -0.05) is 23.2 Å². The maximum atomic E-state index is 12.7. The Morgan fingerprint density at radius 1 is 1.05 bits per heavy atom. The Hall–Kier alpha value is -0.870. The highest BCUT2D eigenvalue weighted by atomic mass is 35.5. The van der Waals surface area contributed by atoms with Crippen molar-refractivity contribution in [2.45, 2.75) is 32.1 Å². The maximum Gasteiger partial charge on any atom is 0.229 e. The SMILES string of the molecule is O=C(Nc1ncnc(Cl)c1Cl)C1C2CC3CC(C2)CC1C3. The number of rotatable bonds is 2. The third-order valence-corrected chi connectivity index (χ3v) is 6.26. The number of carbonyl (C=O) groups excluding carboxylic acids is 1. The van der Waals surface area contributed by atoms with Crippen LogP contribution in [0, 0.1) is 29.6 Å². The van der Waals surface area contributed by atoms with Gasteiger partial charge in [-0.3, -0.25) is 4.79 Å². The molecule has 1 N–H and O–H groups in total. The first-order chi connectivity index (χ1) is 10.1. The molecule has 0 spiro atoms. The zero-order chi connectivity index (χ0) is 14.6. The van der Waals surface area contributed by atoms with Crippen molar-refractivity contribution in [1.82, 2.24) is 9.97 Å². The summed E-state index contributed by atoms with van der Waals surface area (Å²) in [6.07, 6.45) is 7.55. The van der Waals surface area contributed by atoms with E-state index in [2.05, 4.69) is 15.3 Å². The topological polar surface area (TPSA) is 54.9 Å². The van der Waals surface area contributed by atoms with E-state index in [0.717, 1.165) is 11.8 Å². The molecule has 112 valence electrons. The van der Waals surface area contributed by atoms with Crippen molar-refractivity contribution in [3.8, 4) is 0 Å². The summed E-state index contributed by atoms with van der Waals surface area (Å²) in [6.45, 7) is 0. The van der Waals surface area contributed by atoms with Gasteiger partial charge in [0.15, 0.2) is 11.0 Å². The van der Waals surface area contributed by atoms with Gasteiger partial charge in [-0.05, 0) is 55.8 Å². The van der Waals surface area contributed by atoms with Gasteiger partial charge in [-0.2, -0.15) is 0 Å². The monoisotopic (exact) mass is 325 g/mol. The van der Waals surface area contributed by atoms with Gasteiger partial charge in [0.2, 0.25) is 5.91 Å².